The molecule has 4 atom stereocenters. The van der Waals surface area contributed by atoms with Gasteiger partial charge in [-0.3, -0.25) is 14.4 Å². The lowest BCUT2D eigenvalue weighted by atomic mass is 9.57. The van der Waals surface area contributed by atoms with E-state index in [2.05, 4.69) is 39.3 Å². The number of rotatable bonds is 4. The molecule has 41 heavy (non-hydrogen) atoms. The summed E-state index contributed by atoms with van der Waals surface area (Å²) in [6.45, 7) is 2.84. The number of anilines is 1. The first-order chi connectivity index (χ1) is 19.7. The van der Waals surface area contributed by atoms with Gasteiger partial charge in [-0.15, -0.1) is 0 Å². The summed E-state index contributed by atoms with van der Waals surface area (Å²) >= 11 is 15.1. The number of carbonyl (C=O) groups is 3. The lowest BCUT2D eigenvalue weighted by Crippen LogP contribution is -2.59. The van der Waals surface area contributed by atoms with Crippen LogP contribution in [0.1, 0.15) is 49.8 Å². The Balaban J connectivity index is 1.47. The van der Waals surface area contributed by atoms with Crippen molar-refractivity contribution in [3.63, 3.8) is 0 Å². The van der Waals surface area contributed by atoms with Crippen molar-refractivity contribution in [2.45, 2.75) is 50.2 Å². The second-order valence-electron chi connectivity index (χ2n) is 11.2. The quantitative estimate of drug-likeness (QED) is 0.377. The Hall–Kier alpha value is -2.56. The minimum atomic E-state index is -1.13. The van der Waals surface area contributed by atoms with E-state index in [4.69, 9.17) is 27.9 Å². The number of nitrogens with one attached hydrogen (secondary N) is 2. The van der Waals surface area contributed by atoms with Gasteiger partial charge in [0.15, 0.2) is 0 Å². The summed E-state index contributed by atoms with van der Waals surface area (Å²) < 4.78 is 7.57. The zero-order chi connectivity index (χ0) is 28.9. The van der Waals surface area contributed by atoms with Crippen molar-refractivity contribution in [1.82, 2.24) is 10.2 Å². The van der Waals surface area contributed by atoms with E-state index >= 15 is 0 Å². The van der Waals surface area contributed by atoms with Gasteiger partial charge in [0.25, 0.3) is 0 Å². The topological polar surface area (TPSA) is 87.7 Å². The van der Waals surface area contributed by atoms with Gasteiger partial charge in [0, 0.05) is 64.2 Å². The van der Waals surface area contributed by atoms with Crippen LogP contribution in [-0.4, -0.2) is 41.8 Å². The number of ether oxygens (including phenoxy) is 1. The number of fused-ring (bicyclic) bond motifs is 2. The van der Waals surface area contributed by atoms with E-state index in [-0.39, 0.29) is 42.1 Å². The molecular formula is C31H30Cl2IN3O4. The maximum atomic E-state index is 14.4. The van der Waals surface area contributed by atoms with Crippen LogP contribution in [0.3, 0.4) is 0 Å². The number of piperidine rings is 2. The molecule has 3 amide bonds. The van der Waals surface area contributed by atoms with Crippen LogP contribution in [0.5, 0.6) is 5.75 Å². The van der Waals surface area contributed by atoms with Crippen LogP contribution in [0.2, 0.25) is 5.02 Å². The molecule has 2 saturated heterocycles. The molecule has 2 N–H and O–H groups in total. The first-order valence-electron chi connectivity index (χ1n) is 13.8. The van der Waals surface area contributed by atoms with Gasteiger partial charge in [0.1, 0.15) is 17.3 Å². The van der Waals surface area contributed by atoms with Crippen molar-refractivity contribution in [3.8, 4) is 5.75 Å². The van der Waals surface area contributed by atoms with Crippen molar-refractivity contribution in [2.75, 3.05) is 18.4 Å². The molecule has 7 nitrogen and oxygen atoms in total. The maximum Gasteiger partial charge on any atom is 0.237 e. The first-order valence-corrected chi connectivity index (χ1v) is 15.7. The Morgan fingerprint density at radius 1 is 1.10 bits per heavy atom. The third-order valence-corrected chi connectivity index (χ3v) is 10.0. The summed E-state index contributed by atoms with van der Waals surface area (Å²) in [7, 11) is 0. The monoisotopic (exact) mass is 705 g/mol. The molecule has 1 unspecified atom stereocenters. The summed E-state index contributed by atoms with van der Waals surface area (Å²) in [5.74, 6) is -0.107. The molecule has 0 aromatic heterocycles. The SMILES string of the molecule is CC(=O)N1CCC(Oc2ccc(I)cc2[C@H]2NC(=O)CC([C@@H]3C=CC=C(Cl)C3)[C@]23C(=O)Nc2cc(Cl)ccc23)CC1. The van der Waals surface area contributed by atoms with Crippen LogP contribution < -0.4 is 15.4 Å². The van der Waals surface area contributed by atoms with Crippen LogP contribution in [0.15, 0.2) is 59.7 Å². The number of hydrogen-bond donors (Lipinski definition) is 2. The molecule has 0 bridgehead atoms. The highest BCUT2D eigenvalue weighted by Gasteiger charge is 2.62. The molecule has 3 heterocycles. The Morgan fingerprint density at radius 2 is 1.88 bits per heavy atom. The number of likely N-dealkylation sites (tertiary alicyclic amines) is 1. The first kappa shape index (κ1) is 28.6. The van der Waals surface area contributed by atoms with E-state index in [0.29, 0.717) is 53.8 Å². The van der Waals surface area contributed by atoms with Gasteiger partial charge in [-0.05, 0) is 82.8 Å². The van der Waals surface area contributed by atoms with Gasteiger partial charge < -0.3 is 20.3 Å². The summed E-state index contributed by atoms with van der Waals surface area (Å²) in [5, 5.41) is 7.53. The molecule has 2 aromatic rings. The maximum absolute atomic E-state index is 14.4. The van der Waals surface area contributed by atoms with Gasteiger partial charge in [-0.1, -0.05) is 41.4 Å². The van der Waals surface area contributed by atoms with E-state index in [1.807, 2.05) is 41.3 Å². The largest absolute Gasteiger partial charge is 0.490 e. The van der Waals surface area contributed by atoms with E-state index in [1.54, 1.807) is 19.1 Å². The summed E-state index contributed by atoms with van der Waals surface area (Å²) in [5.41, 5.74) is 1.08. The predicted molar refractivity (Wildman–Crippen MR) is 167 cm³/mol. The summed E-state index contributed by atoms with van der Waals surface area (Å²) in [6, 6.07) is 10.7. The van der Waals surface area contributed by atoms with Crippen LogP contribution in [-0.2, 0) is 19.8 Å². The third-order valence-electron chi connectivity index (χ3n) is 8.85. The molecule has 1 aliphatic carbocycles. The van der Waals surface area contributed by atoms with Crippen LogP contribution >= 0.6 is 45.8 Å². The third kappa shape index (κ3) is 5.16. The van der Waals surface area contributed by atoms with Gasteiger partial charge in [0.05, 0.1) is 6.04 Å². The van der Waals surface area contributed by atoms with E-state index in [9.17, 15) is 14.4 Å². The van der Waals surface area contributed by atoms with E-state index < -0.39 is 11.5 Å². The average Bonchev–Trinajstić information content (AvgIpc) is 3.22. The number of hydrogen-bond acceptors (Lipinski definition) is 4. The molecule has 4 aliphatic rings. The molecule has 6 rings (SSSR count). The minimum absolute atomic E-state index is 0.0639. The van der Waals surface area contributed by atoms with Gasteiger partial charge in [-0.2, -0.15) is 0 Å². The highest BCUT2D eigenvalue weighted by atomic mass is 127. The highest BCUT2D eigenvalue weighted by molar-refractivity contribution is 14.1. The van der Waals surface area contributed by atoms with Crippen LogP contribution in [0.4, 0.5) is 5.69 Å². The number of amides is 3. The van der Waals surface area contributed by atoms with Crippen molar-refractivity contribution in [1.29, 1.82) is 0 Å². The zero-order valence-electron chi connectivity index (χ0n) is 22.5. The molecule has 2 aromatic carbocycles. The van der Waals surface area contributed by atoms with Crippen LogP contribution in [0.25, 0.3) is 0 Å². The zero-order valence-corrected chi connectivity index (χ0v) is 26.1. The molecule has 2 fully saturated rings. The number of carbonyl (C=O) groups excluding carboxylic acids is 3. The molecule has 10 heteroatoms. The fourth-order valence-electron chi connectivity index (χ4n) is 6.96. The average molecular weight is 706 g/mol. The number of halogens is 3. The van der Waals surface area contributed by atoms with E-state index in [1.165, 1.54) is 0 Å². The Kier molecular flexibility index (Phi) is 7.84. The van der Waals surface area contributed by atoms with Gasteiger partial charge in [0.2, 0.25) is 17.7 Å². The van der Waals surface area contributed by atoms with Crippen molar-refractivity contribution >= 4 is 69.2 Å². The molecular weight excluding hydrogens is 676 g/mol. The second kappa shape index (κ2) is 11.3. The fraction of sp³-hybridized carbons (Fsp3) is 0.387. The van der Waals surface area contributed by atoms with Gasteiger partial charge >= 0.3 is 0 Å². The standard InChI is InChI=1S/C31H30Cl2IN3O4/c1-17(38)37-11-9-22(10-12-37)41-27-8-6-21(34)15-23(27)29-31(24-7-5-20(33)14-26(24)35-30(31)40)25(16-28(39)36-29)18-3-2-4-19(32)13-18/h2-8,14-15,18,22,25,29H,9-13,16H2,1H3,(H,35,40)(H,36,39)/t18-,25?,29-,31+/m1/s1. The van der Waals surface area contributed by atoms with Crippen molar-refractivity contribution in [3.05, 3.63) is 79.4 Å². The molecule has 214 valence electrons. The van der Waals surface area contributed by atoms with Crippen molar-refractivity contribution in [2.24, 2.45) is 11.8 Å². The molecule has 0 saturated carbocycles. The highest BCUT2D eigenvalue weighted by Crippen LogP contribution is 2.58. The second-order valence-corrected chi connectivity index (χ2v) is 13.4. The molecule has 3 aliphatic heterocycles. The summed E-state index contributed by atoms with van der Waals surface area (Å²) in [4.78, 5) is 41.5. The fourth-order valence-corrected chi connectivity index (χ4v) is 7.90. The minimum Gasteiger partial charge on any atom is -0.490 e. The Labute approximate surface area is 262 Å². The number of nitrogens with zero attached hydrogens (tertiary/aromatic N) is 1. The number of allylic oxidation sites excluding steroid dienone is 4. The van der Waals surface area contributed by atoms with Crippen molar-refractivity contribution < 1.29 is 19.1 Å². The Morgan fingerprint density at radius 3 is 2.61 bits per heavy atom. The lowest BCUT2D eigenvalue weighted by molar-refractivity contribution is -0.135. The lowest BCUT2D eigenvalue weighted by Gasteiger charge is -2.49. The smallest absolute Gasteiger partial charge is 0.237 e. The molecule has 0 radical (unpaired) electrons. The van der Waals surface area contributed by atoms with E-state index in [0.717, 1.165) is 14.7 Å². The predicted octanol–water partition coefficient (Wildman–Crippen LogP) is 6.10. The molecule has 1 spiro atoms. The van der Waals surface area contributed by atoms with Gasteiger partial charge in [-0.25, -0.2) is 0 Å². The number of benzene rings is 2. The Bertz CT molecular complexity index is 1490. The normalized spacial score (nSPS) is 27.8. The summed E-state index contributed by atoms with van der Waals surface area (Å²) in [6.07, 6.45) is 7.86. The van der Waals surface area contributed by atoms with Crippen LogP contribution in [0, 0.1) is 15.4 Å².